The molecule has 0 spiro atoms. The predicted octanol–water partition coefficient (Wildman–Crippen LogP) is 2.19. The van der Waals surface area contributed by atoms with Crippen LogP contribution in [0, 0.1) is 0 Å². The minimum Gasteiger partial charge on any atom is -0.339 e. The Morgan fingerprint density at radius 3 is 2.62 bits per heavy atom. The number of hydrogen-bond acceptors (Lipinski definition) is 2. The van der Waals surface area contributed by atoms with Crippen LogP contribution < -0.4 is 0 Å². The number of amides is 1. The van der Waals surface area contributed by atoms with Gasteiger partial charge in [0.1, 0.15) is 0 Å². The fraction of sp³-hybridized carbons (Fsp3) is 0.273. The molecule has 0 heterocycles. The standard InChI is InChI=1S/C11H11Cl2NO2/c1-14(11(16)7-15)5-4-8-2-3-9(12)10(13)6-8/h2-3,6-7H,4-5H2,1H3. The van der Waals surface area contributed by atoms with Gasteiger partial charge in [0.05, 0.1) is 10.0 Å². The summed E-state index contributed by atoms with van der Waals surface area (Å²) in [5, 5.41) is 0.992. The zero-order valence-corrected chi connectivity index (χ0v) is 10.3. The van der Waals surface area contributed by atoms with E-state index in [-0.39, 0.29) is 0 Å². The van der Waals surface area contributed by atoms with Crippen molar-refractivity contribution < 1.29 is 9.59 Å². The fourth-order valence-corrected chi connectivity index (χ4v) is 1.51. The molecule has 0 aliphatic heterocycles. The highest BCUT2D eigenvalue weighted by atomic mass is 35.5. The van der Waals surface area contributed by atoms with Crippen LogP contribution in [0.4, 0.5) is 0 Å². The number of carbonyl (C=O) groups is 2. The highest BCUT2D eigenvalue weighted by molar-refractivity contribution is 6.42. The lowest BCUT2D eigenvalue weighted by molar-refractivity contribution is -0.137. The Hall–Kier alpha value is -1.06. The number of carbonyl (C=O) groups excluding carboxylic acids is 2. The topological polar surface area (TPSA) is 37.4 Å². The van der Waals surface area contributed by atoms with Crippen LogP contribution in [0.2, 0.25) is 10.0 Å². The normalized spacial score (nSPS) is 9.94. The molecule has 1 aromatic carbocycles. The van der Waals surface area contributed by atoms with Gasteiger partial charge in [0.2, 0.25) is 6.29 Å². The summed E-state index contributed by atoms with van der Waals surface area (Å²) in [6, 6.07) is 5.30. The maximum atomic E-state index is 11.0. The predicted molar refractivity (Wildman–Crippen MR) is 63.9 cm³/mol. The monoisotopic (exact) mass is 259 g/mol. The van der Waals surface area contributed by atoms with Crippen LogP contribution in [0.25, 0.3) is 0 Å². The Labute approximate surface area is 104 Å². The molecule has 0 aliphatic rings. The molecule has 0 radical (unpaired) electrons. The van der Waals surface area contributed by atoms with Crippen molar-refractivity contribution in [1.82, 2.24) is 4.90 Å². The average Bonchev–Trinajstić information content (AvgIpc) is 2.29. The number of rotatable bonds is 4. The molecule has 0 saturated heterocycles. The Kier molecular flexibility index (Phi) is 4.77. The van der Waals surface area contributed by atoms with Crippen LogP contribution in [0.3, 0.4) is 0 Å². The van der Waals surface area contributed by atoms with Gasteiger partial charge in [-0.05, 0) is 24.1 Å². The molecule has 0 atom stereocenters. The zero-order chi connectivity index (χ0) is 12.1. The van der Waals surface area contributed by atoms with Crippen LogP contribution in [0.1, 0.15) is 5.56 Å². The van der Waals surface area contributed by atoms with E-state index in [2.05, 4.69) is 0 Å². The van der Waals surface area contributed by atoms with Crippen molar-refractivity contribution in [3.63, 3.8) is 0 Å². The third-order valence-electron chi connectivity index (χ3n) is 2.20. The lowest BCUT2D eigenvalue weighted by Crippen LogP contribution is -2.29. The van der Waals surface area contributed by atoms with Crippen molar-refractivity contribution in [3.8, 4) is 0 Å². The van der Waals surface area contributed by atoms with E-state index in [0.29, 0.717) is 29.3 Å². The highest BCUT2D eigenvalue weighted by Gasteiger charge is 2.07. The van der Waals surface area contributed by atoms with E-state index in [0.717, 1.165) is 5.56 Å². The molecule has 0 N–H and O–H groups in total. The summed E-state index contributed by atoms with van der Waals surface area (Å²) < 4.78 is 0. The average molecular weight is 260 g/mol. The van der Waals surface area contributed by atoms with Crippen LogP contribution in [0.5, 0.6) is 0 Å². The Bertz CT molecular complexity index is 407. The zero-order valence-electron chi connectivity index (χ0n) is 8.74. The number of likely N-dealkylation sites (N-methyl/N-ethyl adjacent to an activating group) is 1. The quantitative estimate of drug-likeness (QED) is 0.614. The molecule has 16 heavy (non-hydrogen) atoms. The second-order valence-electron chi connectivity index (χ2n) is 3.38. The summed E-state index contributed by atoms with van der Waals surface area (Å²) in [7, 11) is 1.58. The van der Waals surface area contributed by atoms with Gasteiger partial charge >= 0.3 is 0 Å². The van der Waals surface area contributed by atoms with E-state index in [1.165, 1.54) is 4.90 Å². The van der Waals surface area contributed by atoms with Crippen molar-refractivity contribution in [2.24, 2.45) is 0 Å². The minimum absolute atomic E-state index is 0.300. The maximum absolute atomic E-state index is 11.0. The van der Waals surface area contributed by atoms with Crippen molar-refractivity contribution in [1.29, 1.82) is 0 Å². The number of aldehydes is 1. The van der Waals surface area contributed by atoms with E-state index in [9.17, 15) is 9.59 Å². The van der Waals surface area contributed by atoms with Gasteiger partial charge in [-0.3, -0.25) is 9.59 Å². The van der Waals surface area contributed by atoms with Gasteiger partial charge in [-0.1, -0.05) is 29.3 Å². The van der Waals surface area contributed by atoms with Gasteiger partial charge in [0.15, 0.2) is 0 Å². The summed E-state index contributed by atoms with van der Waals surface area (Å²) in [4.78, 5) is 22.5. The molecule has 1 rings (SSSR count). The second kappa shape index (κ2) is 5.87. The Morgan fingerprint density at radius 2 is 2.06 bits per heavy atom. The summed E-state index contributed by atoms with van der Waals surface area (Å²) in [6.45, 7) is 0.468. The maximum Gasteiger partial charge on any atom is 0.286 e. The van der Waals surface area contributed by atoms with Gasteiger partial charge in [-0.25, -0.2) is 0 Å². The van der Waals surface area contributed by atoms with E-state index < -0.39 is 5.91 Å². The smallest absolute Gasteiger partial charge is 0.286 e. The molecule has 0 aliphatic carbocycles. The van der Waals surface area contributed by atoms with Gasteiger partial charge in [-0.15, -0.1) is 0 Å². The third kappa shape index (κ3) is 3.51. The minimum atomic E-state index is -0.528. The highest BCUT2D eigenvalue weighted by Crippen LogP contribution is 2.22. The first kappa shape index (κ1) is 13.0. The lowest BCUT2D eigenvalue weighted by Gasteiger charge is -2.13. The molecule has 1 aromatic rings. The number of benzene rings is 1. The molecule has 0 aromatic heterocycles. The SMILES string of the molecule is CN(CCc1ccc(Cl)c(Cl)c1)C(=O)C=O. The van der Waals surface area contributed by atoms with Gasteiger partial charge in [0, 0.05) is 13.6 Å². The Morgan fingerprint density at radius 1 is 1.38 bits per heavy atom. The molecular weight excluding hydrogens is 249 g/mol. The van der Waals surface area contributed by atoms with Crippen LogP contribution >= 0.6 is 23.2 Å². The van der Waals surface area contributed by atoms with Gasteiger partial charge < -0.3 is 4.90 Å². The van der Waals surface area contributed by atoms with Gasteiger partial charge in [0.25, 0.3) is 5.91 Å². The summed E-state index contributed by atoms with van der Waals surface area (Å²) in [5.41, 5.74) is 0.972. The van der Waals surface area contributed by atoms with Crippen LogP contribution in [-0.2, 0) is 16.0 Å². The molecular formula is C11H11Cl2NO2. The number of hydrogen-bond donors (Lipinski definition) is 0. The van der Waals surface area contributed by atoms with Crippen molar-refractivity contribution in [2.45, 2.75) is 6.42 Å². The molecule has 0 fully saturated rings. The fourth-order valence-electron chi connectivity index (χ4n) is 1.19. The first-order chi connectivity index (χ1) is 7.54. The Balaban J connectivity index is 2.58. The third-order valence-corrected chi connectivity index (χ3v) is 2.94. The molecule has 3 nitrogen and oxygen atoms in total. The largest absolute Gasteiger partial charge is 0.339 e. The van der Waals surface area contributed by atoms with E-state index in [4.69, 9.17) is 23.2 Å². The first-order valence-corrected chi connectivity index (χ1v) is 5.44. The van der Waals surface area contributed by atoms with Crippen LogP contribution in [0.15, 0.2) is 18.2 Å². The van der Waals surface area contributed by atoms with Crippen molar-refractivity contribution >= 4 is 35.4 Å². The summed E-state index contributed by atoms with van der Waals surface area (Å²) >= 11 is 11.6. The number of nitrogens with zero attached hydrogens (tertiary/aromatic N) is 1. The van der Waals surface area contributed by atoms with E-state index in [1.807, 2.05) is 6.07 Å². The van der Waals surface area contributed by atoms with Crippen LogP contribution in [-0.4, -0.2) is 30.7 Å². The first-order valence-electron chi connectivity index (χ1n) is 4.69. The molecule has 1 amide bonds. The second-order valence-corrected chi connectivity index (χ2v) is 4.19. The summed E-state index contributed by atoms with van der Waals surface area (Å²) in [6.07, 6.45) is 0.932. The van der Waals surface area contributed by atoms with E-state index >= 15 is 0 Å². The van der Waals surface area contributed by atoms with Crippen molar-refractivity contribution in [2.75, 3.05) is 13.6 Å². The number of halogens is 2. The molecule has 0 saturated carbocycles. The molecule has 5 heteroatoms. The molecule has 0 bridgehead atoms. The summed E-state index contributed by atoms with van der Waals surface area (Å²) in [5.74, 6) is -0.528. The van der Waals surface area contributed by atoms with E-state index in [1.54, 1.807) is 19.2 Å². The van der Waals surface area contributed by atoms with Crippen molar-refractivity contribution in [3.05, 3.63) is 33.8 Å². The van der Waals surface area contributed by atoms with Gasteiger partial charge in [-0.2, -0.15) is 0 Å². The molecule has 86 valence electrons. The molecule has 0 unspecified atom stereocenters. The lowest BCUT2D eigenvalue weighted by atomic mass is 10.1.